The number of rotatable bonds is 7. The topological polar surface area (TPSA) is 93.1 Å². The van der Waals surface area contributed by atoms with Crippen molar-refractivity contribution in [1.29, 1.82) is 0 Å². The molecule has 1 unspecified atom stereocenters. The number of carbonyl (C=O) groups is 1. The van der Waals surface area contributed by atoms with Gasteiger partial charge in [0, 0.05) is 26.4 Å². The fraction of sp³-hybridized carbons (Fsp3) is 0.650. The van der Waals surface area contributed by atoms with Crippen molar-refractivity contribution in [3.63, 3.8) is 0 Å². The van der Waals surface area contributed by atoms with Crippen LogP contribution < -0.4 is 16.0 Å². The maximum Gasteiger partial charge on any atom is 0.320 e. The molecule has 0 saturated carbocycles. The number of amides is 2. The summed E-state index contributed by atoms with van der Waals surface area (Å²) >= 11 is 0. The van der Waals surface area contributed by atoms with Gasteiger partial charge in [-0.3, -0.25) is 5.32 Å². The number of fused-ring (bicyclic) bond motifs is 1. The lowest BCUT2D eigenvalue weighted by molar-refractivity contribution is 0.0899. The molecule has 2 aromatic rings. The van der Waals surface area contributed by atoms with E-state index in [2.05, 4.69) is 52.5 Å². The van der Waals surface area contributed by atoms with Crippen LogP contribution in [0.1, 0.15) is 26.2 Å². The first kappa shape index (κ1) is 21.7. The molecule has 29 heavy (non-hydrogen) atoms. The van der Waals surface area contributed by atoms with E-state index in [1.54, 1.807) is 6.20 Å². The highest BCUT2D eigenvalue weighted by atomic mass is 28.3. The van der Waals surface area contributed by atoms with Crippen LogP contribution in [0.4, 0.5) is 10.6 Å². The first-order chi connectivity index (χ1) is 13.7. The quantitative estimate of drug-likeness (QED) is 0.473. The SMILES string of the molecule is CC1(NC(=O)Nc2cnc3c(ccn3COCC[Si](C)(C)C)n2)CCCNCC1. The van der Waals surface area contributed by atoms with Crippen LogP contribution in [0, 0.1) is 0 Å². The van der Waals surface area contributed by atoms with E-state index in [0.29, 0.717) is 12.5 Å². The number of hydrogen-bond acceptors (Lipinski definition) is 5. The Balaban J connectivity index is 1.56. The summed E-state index contributed by atoms with van der Waals surface area (Å²) in [4.78, 5) is 21.5. The molecule has 0 bridgehead atoms. The molecule has 1 fully saturated rings. The maximum absolute atomic E-state index is 12.5. The summed E-state index contributed by atoms with van der Waals surface area (Å²) in [5.41, 5.74) is 1.29. The van der Waals surface area contributed by atoms with Crippen molar-refractivity contribution in [2.75, 3.05) is 25.0 Å². The smallest absolute Gasteiger partial charge is 0.320 e. The Morgan fingerprint density at radius 3 is 2.97 bits per heavy atom. The van der Waals surface area contributed by atoms with E-state index in [4.69, 9.17) is 4.74 Å². The van der Waals surface area contributed by atoms with Crippen LogP contribution in [0.25, 0.3) is 11.2 Å². The van der Waals surface area contributed by atoms with Gasteiger partial charge in [-0.25, -0.2) is 14.8 Å². The molecule has 1 aliphatic heterocycles. The van der Waals surface area contributed by atoms with Gasteiger partial charge in [0.05, 0.1) is 6.20 Å². The molecule has 2 amide bonds. The normalized spacial score (nSPS) is 20.4. The Morgan fingerprint density at radius 2 is 2.17 bits per heavy atom. The molecule has 8 nitrogen and oxygen atoms in total. The molecule has 0 aromatic carbocycles. The van der Waals surface area contributed by atoms with Gasteiger partial charge < -0.3 is 19.9 Å². The van der Waals surface area contributed by atoms with Crippen molar-refractivity contribution in [3.8, 4) is 0 Å². The Kier molecular flexibility index (Phi) is 6.92. The minimum Gasteiger partial charge on any atom is -0.361 e. The lowest BCUT2D eigenvalue weighted by Crippen LogP contribution is -2.48. The van der Waals surface area contributed by atoms with E-state index in [-0.39, 0.29) is 11.6 Å². The summed E-state index contributed by atoms with van der Waals surface area (Å²) in [5.74, 6) is 0.447. The van der Waals surface area contributed by atoms with Crippen LogP contribution in [0.2, 0.25) is 25.7 Å². The van der Waals surface area contributed by atoms with Crippen molar-refractivity contribution >= 4 is 31.1 Å². The monoisotopic (exact) mass is 418 g/mol. The van der Waals surface area contributed by atoms with Crippen LogP contribution in [0.3, 0.4) is 0 Å². The van der Waals surface area contributed by atoms with Gasteiger partial charge in [-0.2, -0.15) is 0 Å². The van der Waals surface area contributed by atoms with Crippen LogP contribution in [0.5, 0.6) is 0 Å². The second-order valence-electron chi connectivity index (χ2n) is 9.34. The van der Waals surface area contributed by atoms with Crippen LogP contribution in [0.15, 0.2) is 18.5 Å². The number of ether oxygens (including phenoxy) is 1. The largest absolute Gasteiger partial charge is 0.361 e. The number of nitrogens with zero attached hydrogens (tertiary/aromatic N) is 3. The number of aromatic nitrogens is 3. The van der Waals surface area contributed by atoms with Crippen molar-refractivity contribution in [2.45, 2.75) is 64.1 Å². The van der Waals surface area contributed by atoms with E-state index < -0.39 is 8.07 Å². The van der Waals surface area contributed by atoms with Crippen molar-refractivity contribution in [1.82, 2.24) is 25.2 Å². The van der Waals surface area contributed by atoms with Crippen molar-refractivity contribution in [3.05, 3.63) is 18.5 Å². The van der Waals surface area contributed by atoms with Crippen molar-refractivity contribution in [2.24, 2.45) is 0 Å². The molecule has 9 heteroatoms. The van der Waals surface area contributed by atoms with Crippen LogP contribution >= 0.6 is 0 Å². The maximum atomic E-state index is 12.5. The Morgan fingerprint density at radius 1 is 1.34 bits per heavy atom. The van der Waals surface area contributed by atoms with Gasteiger partial charge in [-0.05, 0) is 51.4 Å². The number of nitrogens with one attached hydrogen (secondary N) is 3. The van der Waals surface area contributed by atoms with E-state index in [9.17, 15) is 4.79 Å². The van der Waals surface area contributed by atoms with Gasteiger partial charge in [0.1, 0.15) is 12.2 Å². The Labute approximate surface area is 173 Å². The highest BCUT2D eigenvalue weighted by Gasteiger charge is 2.27. The van der Waals surface area contributed by atoms with Gasteiger partial charge >= 0.3 is 6.03 Å². The molecule has 3 rings (SSSR count). The summed E-state index contributed by atoms with van der Waals surface area (Å²) in [6.45, 7) is 12.2. The average Bonchev–Trinajstić information content (AvgIpc) is 2.90. The zero-order chi connectivity index (χ0) is 20.9. The minimum atomic E-state index is -1.09. The second-order valence-corrected chi connectivity index (χ2v) is 15.0. The highest BCUT2D eigenvalue weighted by Crippen LogP contribution is 2.19. The van der Waals surface area contributed by atoms with Gasteiger partial charge in [0.25, 0.3) is 0 Å². The third-order valence-corrected chi connectivity index (χ3v) is 6.99. The molecule has 2 aromatic heterocycles. The minimum absolute atomic E-state index is 0.207. The molecule has 0 spiro atoms. The standard InChI is InChI=1S/C20H34N6O2Si/c1-20(7-5-9-21-10-8-20)25-19(27)24-17-14-22-18-16(23-17)6-11-26(18)15-28-12-13-29(2,3)4/h6,11,14,21H,5,7-10,12-13,15H2,1-4H3,(H2,23,24,25,27). The fourth-order valence-electron chi connectivity index (χ4n) is 3.43. The first-order valence-corrected chi connectivity index (χ1v) is 14.1. The zero-order valence-corrected chi connectivity index (χ0v) is 19.0. The summed E-state index contributed by atoms with van der Waals surface area (Å²) in [6, 6.07) is 2.79. The number of hydrogen-bond donors (Lipinski definition) is 3. The Hall–Kier alpha value is -1.97. The first-order valence-electron chi connectivity index (χ1n) is 10.4. The third-order valence-electron chi connectivity index (χ3n) is 5.28. The molecule has 3 heterocycles. The van der Waals surface area contributed by atoms with E-state index in [0.717, 1.165) is 56.2 Å². The molecule has 1 saturated heterocycles. The molecule has 0 radical (unpaired) electrons. The summed E-state index contributed by atoms with van der Waals surface area (Å²) in [5, 5.41) is 9.30. The molecule has 1 aliphatic rings. The average molecular weight is 419 g/mol. The Bertz CT molecular complexity index is 824. The van der Waals surface area contributed by atoms with E-state index in [1.807, 2.05) is 16.8 Å². The summed E-state index contributed by atoms with van der Waals surface area (Å²) in [7, 11) is -1.09. The predicted octanol–water partition coefficient (Wildman–Crippen LogP) is 3.40. The predicted molar refractivity (Wildman–Crippen MR) is 119 cm³/mol. The third kappa shape index (κ3) is 6.51. The molecule has 3 N–H and O–H groups in total. The molecular weight excluding hydrogens is 384 g/mol. The molecule has 160 valence electrons. The number of urea groups is 1. The fourth-order valence-corrected chi connectivity index (χ4v) is 4.19. The molecular formula is C20H34N6O2Si. The van der Waals surface area contributed by atoms with Gasteiger partial charge in [0.15, 0.2) is 11.5 Å². The van der Waals surface area contributed by atoms with Gasteiger partial charge in [0.2, 0.25) is 0 Å². The van der Waals surface area contributed by atoms with Gasteiger partial charge in [-0.15, -0.1) is 0 Å². The van der Waals surface area contributed by atoms with Crippen molar-refractivity contribution < 1.29 is 9.53 Å². The number of anilines is 1. The second kappa shape index (κ2) is 9.23. The lowest BCUT2D eigenvalue weighted by Gasteiger charge is -2.29. The molecule has 1 atom stereocenters. The lowest BCUT2D eigenvalue weighted by atomic mass is 9.93. The molecule has 0 aliphatic carbocycles. The summed E-state index contributed by atoms with van der Waals surface area (Å²) in [6.07, 6.45) is 6.43. The zero-order valence-electron chi connectivity index (χ0n) is 18.0. The van der Waals surface area contributed by atoms with E-state index in [1.165, 1.54) is 0 Å². The van der Waals surface area contributed by atoms with Gasteiger partial charge in [-0.1, -0.05) is 19.6 Å². The summed E-state index contributed by atoms with van der Waals surface area (Å²) < 4.78 is 7.75. The van der Waals surface area contributed by atoms with E-state index >= 15 is 0 Å². The number of carbonyl (C=O) groups excluding carboxylic acids is 1. The van der Waals surface area contributed by atoms with Crippen LogP contribution in [-0.4, -0.2) is 53.9 Å². The highest BCUT2D eigenvalue weighted by molar-refractivity contribution is 6.76. The van der Waals surface area contributed by atoms with Crippen LogP contribution in [-0.2, 0) is 11.5 Å².